The highest BCUT2D eigenvalue weighted by Crippen LogP contribution is 2.35. The van der Waals surface area contributed by atoms with Gasteiger partial charge in [0.1, 0.15) is 9.22 Å². The zero-order valence-electron chi connectivity index (χ0n) is 13.3. The number of fused-ring (bicyclic) bond motifs is 1. The molecule has 0 atom stereocenters. The maximum atomic E-state index is 12.7. The van der Waals surface area contributed by atoms with E-state index in [9.17, 15) is 8.42 Å². The number of thiophene rings is 1. The summed E-state index contributed by atoms with van der Waals surface area (Å²) in [7, 11) is -3.61. The summed E-state index contributed by atoms with van der Waals surface area (Å²) >= 11 is 2.80. The van der Waals surface area contributed by atoms with Gasteiger partial charge in [0.25, 0.3) is 10.0 Å². The third kappa shape index (κ3) is 3.18. The molecule has 0 aliphatic rings. The molecule has 0 aliphatic heterocycles. The largest absolute Gasteiger partial charge is 0.278 e. The summed E-state index contributed by atoms with van der Waals surface area (Å²) in [5.74, 6) is 0. The van der Waals surface area contributed by atoms with Crippen LogP contribution >= 0.6 is 22.7 Å². The molecule has 0 unspecified atom stereocenters. The Morgan fingerprint density at radius 3 is 2.44 bits per heavy atom. The minimum absolute atomic E-state index is 0.309. The zero-order chi connectivity index (χ0) is 17.4. The first-order valence-corrected chi connectivity index (χ1v) is 10.7. The molecule has 2 aromatic heterocycles. The van der Waals surface area contributed by atoms with Gasteiger partial charge in [-0.3, -0.25) is 4.72 Å². The minimum atomic E-state index is -3.61. The number of thiazole rings is 1. The number of rotatable bonds is 4. The third-order valence-electron chi connectivity index (χ3n) is 3.68. The van der Waals surface area contributed by atoms with Crippen LogP contribution in [0.3, 0.4) is 0 Å². The van der Waals surface area contributed by atoms with Gasteiger partial charge in [-0.1, -0.05) is 24.3 Å². The Kier molecular flexibility index (Phi) is 4.07. The van der Waals surface area contributed by atoms with Crippen LogP contribution in [-0.2, 0) is 10.0 Å². The second kappa shape index (κ2) is 6.25. The number of anilines is 1. The van der Waals surface area contributed by atoms with E-state index in [-0.39, 0.29) is 0 Å². The van der Waals surface area contributed by atoms with E-state index >= 15 is 0 Å². The molecule has 0 amide bonds. The molecule has 126 valence electrons. The summed E-state index contributed by atoms with van der Waals surface area (Å²) < 4.78 is 29.4. The van der Waals surface area contributed by atoms with Crippen molar-refractivity contribution in [1.29, 1.82) is 0 Å². The summed E-state index contributed by atoms with van der Waals surface area (Å²) in [5, 5.41) is 0.793. The van der Waals surface area contributed by atoms with Crippen LogP contribution in [0, 0.1) is 6.92 Å². The van der Waals surface area contributed by atoms with Crippen LogP contribution in [0.5, 0.6) is 0 Å². The van der Waals surface area contributed by atoms with Crippen LogP contribution < -0.4 is 4.72 Å². The first kappa shape index (κ1) is 16.3. The molecule has 0 radical (unpaired) electrons. The second-order valence-electron chi connectivity index (χ2n) is 5.50. The molecular weight excluding hydrogens is 372 g/mol. The van der Waals surface area contributed by atoms with Gasteiger partial charge < -0.3 is 0 Å². The molecule has 4 aromatic rings. The molecule has 0 spiro atoms. The molecule has 0 saturated heterocycles. The van der Waals surface area contributed by atoms with Crippen LogP contribution in [0.4, 0.5) is 5.69 Å². The number of hydrogen-bond donors (Lipinski definition) is 1. The number of benzene rings is 2. The quantitative estimate of drug-likeness (QED) is 0.529. The van der Waals surface area contributed by atoms with Gasteiger partial charge in [0.2, 0.25) is 0 Å². The molecule has 2 heterocycles. The number of hydrogen-bond acceptors (Lipinski definition) is 5. The summed E-state index contributed by atoms with van der Waals surface area (Å²) in [6.07, 6.45) is 0. The van der Waals surface area contributed by atoms with Crippen molar-refractivity contribution in [3.8, 4) is 10.6 Å². The van der Waals surface area contributed by atoms with Gasteiger partial charge in [-0.25, -0.2) is 13.4 Å². The molecule has 2 aromatic carbocycles. The van der Waals surface area contributed by atoms with Gasteiger partial charge in [0.05, 0.1) is 15.9 Å². The van der Waals surface area contributed by atoms with E-state index < -0.39 is 10.0 Å². The van der Waals surface area contributed by atoms with Crippen molar-refractivity contribution < 1.29 is 8.42 Å². The predicted molar refractivity (Wildman–Crippen MR) is 105 cm³/mol. The van der Waals surface area contributed by atoms with Gasteiger partial charge >= 0.3 is 0 Å². The fourth-order valence-electron chi connectivity index (χ4n) is 2.50. The average molecular weight is 387 g/mol. The lowest BCUT2D eigenvalue weighted by Crippen LogP contribution is -2.12. The smallest absolute Gasteiger partial charge is 0.271 e. The Morgan fingerprint density at radius 2 is 1.68 bits per heavy atom. The topological polar surface area (TPSA) is 59.1 Å². The second-order valence-corrected chi connectivity index (χ2v) is 9.73. The predicted octanol–water partition coefficient (Wildman–Crippen LogP) is 5.13. The summed E-state index contributed by atoms with van der Waals surface area (Å²) in [6, 6.07) is 18.7. The Balaban J connectivity index is 1.77. The van der Waals surface area contributed by atoms with Crippen LogP contribution in [0.1, 0.15) is 4.88 Å². The monoisotopic (exact) mass is 386 g/mol. The molecule has 4 nitrogen and oxygen atoms in total. The number of nitrogens with one attached hydrogen (secondary N) is 1. The van der Waals surface area contributed by atoms with Gasteiger partial charge in [-0.15, -0.1) is 22.7 Å². The van der Waals surface area contributed by atoms with Crippen molar-refractivity contribution in [2.24, 2.45) is 0 Å². The molecule has 0 bridgehead atoms. The number of aromatic nitrogens is 1. The van der Waals surface area contributed by atoms with Gasteiger partial charge in [-0.05, 0) is 43.3 Å². The lowest BCUT2D eigenvalue weighted by Gasteiger charge is -2.10. The van der Waals surface area contributed by atoms with Crippen molar-refractivity contribution in [2.75, 3.05) is 4.72 Å². The maximum Gasteiger partial charge on any atom is 0.271 e. The maximum absolute atomic E-state index is 12.7. The minimum Gasteiger partial charge on any atom is -0.278 e. The van der Waals surface area contributed by atoms with Crippen molar-refractivity contribution in [3.63, 3.8) is 0 Å². The molecule has 0 saturated carbocycles. The number of para-hydroxylation sites is 2. The summed E-state index contributed by atoms with van der Waals surface area (Å²) in [5.41, 5.74) is 2.22. The van der Waals surface area contributed by atoms with Crippen LogP contribution in [0.2, 0.25) is 0 Å². The van der Waals surface area contributed by atoms with Crippen LogP contribution in [-0.4, -0.2) is 13.4 Å². The molecule has 1 N–H and O–H groups in total. The number of nitrogens with zero attached hydrogens (tertiary/aromatic N) is 1. The van der Waals surface area contributed by atoms with E-state index in [1.165, 1.54) is 11.3 Å². The van der Waals surface area contributed by atoms with Gasteiger partial charge in [0.15, 0.2) is 0 Å². The van der Waals surface area contributed by atoms with E-state index in [4.69, 9.17) is 0 Å². The third-order valence-corrected chi connectivity index (χ3v) is 7.60. The Morgan fingerprint density at radius 1 is 0.920 bits per heavy atom. The molecule has 0 aliphatic carbocycles. The van der Waals surface area contributed by atoms with E-state index in [2.05, 4.69) is 9.71 Å². The molecule has 4 rings (SSSR count). The molecule has 0 fully saturated rings. The SMILES string of the molecule is Cc1ccc(S(=O)(=O)Nc2ccccc2-c2nc3ccccc3s2)s1. The average Bonchev–Trinajstić information content (AvgIpc) is 3.21. The van der Waals surface area contributed by atoms with Gasteiger partial charge in [-0.2, -0.15) is 0 Å². The first-order valence-electron chi connectivity index (χ1n) is 7.57. The number of aryl methyl sites for hydroxylation is 1. The molecular formula is C18H14N2O2S3. The summed E-state index contributed by atoms with van der Waals surface area (Å²) in [4.78, 5) is 5.59. The fourth-order valence-corrected chi connectivity index (χ4v) is 5.87. The van der Waals surface area contributed by atoms with Gasteiger partial charge in [0, 0.05) is 10.4 Å². The fraction of sp³-hybridized carbons (Fsp3) is 0.0556. The number of sulfonamides is 1. The van der Waals surface area contributed by atoms with Crippen molar-refractivity contribution >= 4 is 48.6 Å². The lowest BCUT2D eigenvalue weighted by molar-refractivity contribution is 0.603. The Hall–Kier alpha value is -2.22. The standard InChI is InChI=1S/C18H14N2O2S3/c1-12-10-11-17(23-12)25(21,22)20-14-7-3-2-6-13(14)18-19-15-8-4-5-9-16(15)24-18/h2-11,20H,1H3. The summed E-state index contributed by atoms with van der Waals surface area (Å²) in [6.45, 7) is 1.89. The lowest BCUT2D eigenvalue weighted by atomic mass is 10.2. The highest BCUT2D eigenvalue weighted by molar-refractivity contribution is 7.94. The Bertz CT molecular complexity index is 1130. The first-order chi connectivity index (χ1) is 12.0. The highest BCUT2D eigenvalue weighted by atomic mass is 32.2. The highest BCUT2D eigenvalue weighted by Gasteiger charge is 2.19. The van der Waals surface area contributed by atoms with E-state index in [0.29, 0.717) is 9.90 Å². The van der Waals surface area contributed by atoms with Crippen LogP contribution in [0.15, 0.2) is 64.9 Å². The molecule has 25 heavy (non-hydrogen) atoms. The van der Waals surface area contributed by atoms with Crippen LogP contribution in [0.25, 0.3) is 20.8 Å². The zero-order valence-corrected chi connectivity index (χ0v) is 15.7. The van der Waals surface area contributed by atoms with Crippen molar-refractivity contribution in [1.82, 2.24) is 4.98 Å². The van der Waals surface area contributed by atoms with Crippen molar-refractivity contribution in [3.05, 3.63) is 65.5 Å². The normalized spacial score (nSPS) is 11.7. The Labute approximate surface area is 153 Å². The van der Waals surface area contributed by atoms with Crippen molar-refractivity contribution in [2.45, 2.75) is 11.1 Å². The van der Waals surface area contributed by atoms with E-state index in [0.717, 1.165) is 25.7 Å². The van der Waals surface area contributed by atoms with E-state index in [1.54, 1.807) is 29.5 Å². The molecule has 7 heteroatoms. The van der Waals surface area contributed by atoms with E-state index in [1.807, 2.05) is 49.4 Å².